The van der Waals surface area contributed by atoms with Gasteiger partial charge in [0.05, 0.1) is 0 Å². The molecule has 2 aliphatic heterocycles. The molecule has 110 valence electrons. The molecule has 0 spiro atoms. The first-order valence-electron chi connectivity index (χ1n) is 7.47. The summed E-state index contributed by atoms with van der Waals surface area (Å²) in [5, 5.41) is 3.32. The summed E-state index contributed by atoms with van der Waals surface area (Å²) in [7, 11) is 0. The second-order valence-corrected chi connectivity index (χ2v) is 6.11. The minimum absolute atomic E-state index is 0.229. The second kappa shape index (κ2) is 7.70. The minimum Gasteiger partial charge on any atom is -0.317 e. The number of thiol groups is 1. The van der Waals surface area contributed by atoms with Gasteiger partial charge >= 0.3 is 0 Å². The fourth-order valence-corrected chi connectivity index (χ4v) is 2.67. The molecule has 0 aromatic heterocycles. The normalized spacial score (nSPS) is 19.7. The van der Waals surface area contributed by atoms with Crippen LogP contribution >= 0.6 is 12.6 Å². The standard InChI is InChI=1S/C10H11NOS.C6H13N/c12-10-2-1-7-11(10)8-3-5-9(13)6-4-8;1-6-2-4-7-5-3-6/h3-6,13H,1-2,7H2;6-7H,2-5H2,1H3. The zero-order valence-corrected chi connectivity index (χ0v) is 13.0. The van der Waals surface area contributed by atoms with E-state index in [-0.39, 0.29) is 5.91 Å². The summed E-state index contributed by atoms with van der Waals surface area (Å²) in [6.07, 6.45) is 4.41. The minimum atomic E-state index is 0.229. The van der Waals surface area contributed by atoms with E-state index in [9.17, 15) is 4.79 Å². The Morgan fingerprint density at radius 2 is 1.85 bits per heavy atom. The number of carbonyl (C=O) groups is 1. The third-order valence-corrected chi connectivity index (χ3v) is 4.16. The Kier molecular flexibility index (Phi) is 5.92. The van der Waals surface area contributed by atoms with Crippen LogP contribution in [0, 0.1) is 5.92 Å². The summed E-state index contributed by atoms with van der Waals surface area (Å²) in [4.78, 5) is 14.1. The molecule has 4 heteroatoms. The Bertz CT molecular complexity index is 427. The lowest BCUT2D eigenvalue weighted by molar-refractivity contribution is -0.117. The van der Waals surface area contributed by atoms with E-state index in [1.165, 1.54) is 25.9 Å². The number of carbonyl (C=O) groups excluding carboxylic acids is 1. The number of hydrogen-bond donors (Lipinski definition) is 2. The zero-order chi connectivity index (χ0) is 14.4. The molecule has 1 N–H and O–H groups in total. The molecule has 0 radical (unpaired) electrons. The summed E-state index contributed by atoms with van der Waals surface area (Å²) in [5.74, 6) is 1.20. The van der Waals surface area contributed by atoms with Crippen molar-refractivity contribution in [3.05, 3.63) is 24.3 Å². The van der Waals surface area contributed by atoms with Crippen LogP contribution in [0.2, 0.25) is 0 Å². The average Bonchev–Trinajstić information content (AvgIpc) is 2.88. The first kappa shape index (κ1) is 15.4. The molecule has 0 bridgehead atoms. The highest BCUT2D eigenvalue weighted by Crippen LogP contribution is 2.22. The van der Waals surface area contributed by atoms with Crippen molar-refractivity contribution in [3.63, 3.8) is 0 Å². The first-order valence-corrected chi connectivity index (χ1v) is 7.91. The van der Waals surface area contributed by atoms with Gasteiger partial charge in [0.1, 0.15) is 0 Å². The number of hydrogen-bond acceptors (Lipinski definition) is 3. The molecule has 3 rings (SSSR count). The van der Waals surface area contributed by atoms with Crippen LogP contribution < -0.4 is 10.2 Å². The van der Waals surface area contributed by atoms with Crippen molar-refractivity contribution >= 4 is 24.2 Å². The predicted molar refractivity (Wildman–Crippen MR) is 86.5 cm³/mol. The lowest BCUT2D eigenvalue weighted by Crippen LogP contribution is -2.26. The maximum absolute atomic E-state index is 11.4. The molecule has 2 aliphatic rings. The molecular weight excluding hydrogens is 268 g/mol. The van der Waals surface area contributed by atoms with Gasteiger partial charge in [-0.3, -0.25) is 4.79 Å². The molecule has 1 aromatic carbocycles. The fourth-order valence-electron chi connectivity index (χ4n) is 2.52. The van der Waals surface area contributed by atoms with Crippen LogP contribution in [0.15, 0.2) is 29.2 Å². The Morgan fingerprint density at radius 3 is 2.30 bits per heavy atom. The molecule has 3 nitrogen and oxygen atoms in total. The van der Waals surface area contributed by atoms with Crippen molar-refractivity contribution in [2.75, 3.05) is 24.5 Å². The molecule has 2 saturated heterocycles. The quantitative estimate of drug-likeness (QED) is 0.780. The van der Waals surface area contributed by atoms with Gasteiger partial charge in [0.25, 0.3) is 0 Å². The Morgan fingerprint density at radius 1 is 1.20 bits per heavy atom. The molecule has 0 unspecified atom stereocenters. The van der Waals surface area contributed by atoms with E-state index in [0.717, 1.165) is 29.5 Å². The Hall–Kier alpha value is -1.00. The molecule has 0 saturated carbocycles. The van der Waals surface area contributed by atoms with Gasteiger partial charge in [0.2, 0.25) is 5.91 Å². The van der Waals surface area contributed by atoms with Crippen LogP contribution in [0.5, 0.6) is 0 Å². The van der Waals surface area contributed by atoms with Crippen LogP contribution in [0.3, 0.4) is 0 Å². The molecule has 1 aromatic rings. The van der Waals surface area contributed by atoms with Crippen LogP contribution in [-0.2, 0) is 4.79 Å². The highest BCUT2D eigenvalue weighted by molar-refractivity contribution is 7.80. The van der Waals surface area contributed by atoms with E-state index in [2.05, 4.69) is 24.9 Å². The molecule has 1 amide bonds. The average molecular weight is 292 g/mol. The third-order valence-electron chi connectivity index (χ3n) is 3.86. The van der Waals surface area contributed by atoms with Gasteiger partial charge in [-0.25, -0.2) is 0 Å². The number of nitrogens with zero attached hydrogens (tertiary/aromatic N) is 1. The van der Waals surface area contributed by atoms with Crippen molar-refractivity contribution < 1.29 is 4.79 Å². The number of anilines is 1. The Balaban J connectivity index is 0.000000178. The highest BCUT2D eigenvalue weighted by atomic mass is 32.1. The van der Waals surface area contributed by atoms with E-state index in [4.69, 9.17) is 0 Å². The monoisotopic (exact) mass is 292 g/mol. The van der Waals surface area contributed by atoms with Crippen molar-refractivity contribution in [1.29, 1.82) is 0 Å². The molecule has 0 aliphatic carbocycles. The van der Waals surface area contributed by atoms with Gasteiger partial charge in [0.15, 0.2) is 0 Å². The topological polar surface area (TPSA) is 32.3 Å². The summed E-state index contributed by atoms with van der Waals surface area (Å²) in [6, 6.07) is 7.69. The number of benzene rings is 1. The third kappa shape index (κ3) is 4.53. The maximum atomic E-state index is 11.4. The van der Waals surface area contributed by atoms with E-state index in [1.54, 1.807) is 0 Å². The summed E-state index contributed by atoms with van der Waals surface area (Å²) >= 11 is 4.19. The number of piperidine rings is 1. The number of amides is 1. The molecule has 2 fully saturated rings. The van der Waals surface area contributed by atoms with E-state index < -0.39 is 0 Å². The zero-order valence-electron chi connectivity index (χ0n) is 12.1. The highest BCUT2D eigenvalue weighted by Gasteiger charge is 2.21. The molecule has 0 atom stereocenters. The van der Waals surface area contributed by atoms with Crippen LogP contribution in [0.4, 0.5) is 5.69 Å². The summed E-state index contributed by atoms with van der Waals surface area (Å²) < 4.78 is 0. The van der Waals surface area contributed by atoms with Gasteiger partial charge in [-0.2, -0.15) is 0 Å². The largest absolute Gasteiger partial charge is 0.317 e. The first-order chi connectivity index (χ1) is 9.66. The number of rotatable bonds is 1. The lowest BCUT2D eigenvalue weighted by atomic mass is 10.0. The van der Waals surface area contributed by atoms with Crippen molar-refractivity contribution in [1.82, 2.24) is 5.32 Å². The molecule has 2 heterocycles. The maximum Gasteiger partial charge on any atom is 0.227 e. The van der Waals surface area contributed by atoms with Crippen molar-refractivity contribution in [2.45, 2.75) is 37.5 Å². The second-order valence-electron chi connectivity index (χ2n) is 5.60. The van der Waals surface area contributed by atoms with Gasteiger partial charge in [0, 0.05) is 23.5 Å². The fraction of sp³-hybridized carbons (Fsp3) is 0.562. The molecular formula is C16H24N2OS. The SMILES string of the molecule is CC1CCNCC1.O=C1CCCN1c1ccc(S)cc1. The number of nitrogens with one attached hydrogen (secondary N) is 1. The predicted octanol–water partition coefficient (Wildman–Crippen LogP) is 3.11. The van der Waals surface area contributed by atoms with Gasteiger partial charge in [-0.05, 0) is 62.5 Å². The van der Waals surface area contributed by atoms with Crippen molar-refractivity contribution in [2.24, 2.45) is 5.92 Å². The van der Waals surface area contributed by atoms with Crippen LogP contribution in [0.25, 0.3) is 0 Å². The summed E-state index contributed by atoms with van der Waals surface area (Å²) in [6.45, 7) is 5.65. The van der Waals surface area contributed by atoms with Crippen molar-refractivity contribution in [3.8, 4) is 0 Å². The lowest BCUT2D eigenvalue weighted by Gasteiger charge is -2.17. The van der Waals surface area contributed by atoms with Gasteiger partial charge in [-0.1, -0.05) is 6.92 Å². The van der Waals surface area contributed by atoms with Crippen LogP contribution in [-0.4, -0.2) is 25.5 Å². The van der Waals surface area contributed by atoms with E-state index in [1.807, 2.05) is 29.2 Å². The Labute approximate surface area is 127 Å². The smallest absolute Gasteiger partial charge is 0.227 e. The van der Waals surface area contributed by atoms with Crippen LogP contribution in [0.1, 0.15) is 32.6 Å². The van der Waals surface area contributed by atoms with Gasteiger partial charge < -0.3 is 10.2 Å². The van der Waals surface area contributed by atoms with E-state index in [0.29, 0.717) is 6.42 Å². The molecule has 20 heavy (non-hydrogen) atoms. The summed E-state index contributed by atoms with van der Waals surface area (Å²) in [5.41, 5.74) is 0.986. The van der Waals surface area contributed by atoms with E-state index >= 15 is 0 Å². The van der Waals surface area contributed by atoms with Gasteiger partial charge in [-0.15, -0.1) is 12.6 Å².